The summed E-state index contributed by atoms with van der Waals surface area (Å²) in [5, 5.41) is 10.4. The van der Waals surface area contributed by atoms with Crippen molar-refractivity contribution in [1.29, 1.82) is 0 Å². The zero-order valence-corrected chi connectivity index (χ0v) is 14.9. The summed E-state index contributed by atoms with van der Waals surface area (Å²) >= 11 is 0. The second-order valence-corrected chi connectivity index (χ2v) is 7.45. The molecule has 0 radical (unpaired) electrons. The zero-order valence-electron chi connectivity index (χ0n) is 14.9. The maximum Gasteiger partial charge on any atom is 0.201 e. The number of benzene rings is 2. The predicted molar refractivity (Wildman–Crippen MR) is 94.9 cm³/mol. The third kappa shape index (κ3) is 1.97. The van der Waals surface area contributed by atoms with Crippen LogP contribution in [0.15, 0.2) is 30.3 Å². The van der Waals surface area contributed by atoms with Gasteiger partial charge in [-0.15, -0.1) is 0 Å². The number of hydrogen-bond acceptors (Lipinski definition) is 4. The summed E-state index contributed by atoms with van der Waals surface area (Å²) in [5.74, 6) is 0.661. The summed E-state index contributed by atoms with van der Waals surface area (Å²) in [6, 6.07) is 9.88. The van der Waals surface area contributed by atoms with E-state index in [0.29, 0.717) is 17.7 Å². The molecule has 2 aliphatic carbocycles. The van der Waals surface area contributed by atoms with Crippen molar-refractivity contribution in [3.63, 3.8) is 0 Å². The van der Waals surface area contributed by atoms with E-state index in [1.807, 2.05) is 12.1 Å². The monoisotopic (exact) mass is 338 g/mol. The Labute approximate surface area is 147 Å². The van der Waals surface area contributed by atoms with E-state index < -0.39 is 0 Å². The SMILES string of the molecule is COc1cc2c(c(OC)c1O)CC1C(C2=O)c2ccccc2C1(C)C. The van der Waals surface area contributed by atoms with Crippen molar-refractivity contribution in [2.45, 2.75) is 31.6 Å². The minimum atomic E-state index is -0.155. The largest absolute Gasteiger partial charge is 0.502 e. The quantitative estimate of drug-likeness (QED) is 0.904. The highest BCUT2D eigenvalue weighted by Crippen LogP contribution is 2.57. The average Bonchev–Trinajstić information content (AvgIpc) is 2.83. The average molecular weight is 338 g/mol. The van der Waals surface area contributed by atoms with Crippen LogP contribution in [0.5, 0.6) is 17.2 Å². The van der Waals surface area contributed by atoms with E-state index in [1.165, 1.54) is 19.8 Å². The molecule has 0 spiro atoms. The maximum atomic E-state index is 13.4. The number of hydrogen-bond donors (Lipinski definition) is 1. The van der Waals surface area contributed by atoms with Crippen LogP contribution in [-0.4, -0.2) is 25.1 Å². The third-order valence-corrected chi connectivity index (χ3v) is 6.04. The Balaban J connectivity index is 1.96. The van der Waals surface area contributed by atoms with Gasteiger partial charge in [-0.1, -0.05) is 38.1 Å². The highest BCUT2D eigenvalue weighted by molar-refractivity contribution is 6.06. The van der Waals surface area contributed by atoms with Crippen LogP contribution < -0.4 is 9.47 Å². The molecule has 1 N–H and O–H groups in total. The van der Waals surface area contributed by atoms with E-state index in [1.54, 1.807) is 6.07 Å². The van der Waals surface area contributed by atoms with Crippen molar-refractivity contribution < 1.29 is 19.4 Å². The van der Waals surface area contributed by atoms with E-state index in [4.69, 9.17) is 9.47 Å². The van der Waals surface area contributed by atoms with Crippen LogP contribution >= 0.6 is 0 Å². The first kappa shape index (κ1) is 16.0. The Bertz CT molecular complexity index is 882. The summed E-state index contributed by atoms with van der Waals surface area (Å²) in [4.78, 5) is 13.4. The maximum absolute atomic E-state index is 13.4. The van der Waals surface area contributed by atoms with Gasteiger partial charge in [-0.2, -0.15) is 0 Å². The normalized spacial score (nSPS) is 22.8. The van der Waals surface area contributed by atoms with E-state index in [9.17, 15) is 9.90 Å². The molecule has 0 bridgehead atoms. The van der Waals surface area contributed by atoms with Gasteiger partial charge in [0.2, 0.25) is 5.75 Å². The van der Waals surface area contributed by atoms with Gasteiger partial charge in [-0.3, -0.25) is 4.79 Å². The number of ether oxygens (including phenoxy) is 2. The van der Waals surface area contributed by atoms with Crippen LogP contribution in [-0.2, 0) is 11.8 Å². The number of phenols is 1. The number of carbonyl (C=O) groups is 1. The molecular formula is C21H22O4. The molecule has 0 heterocycles. The molecule has 0 aromatic heterocycles. The number of aromatic hydroxyl groups is 1. The van der Waals surface area contributed by atoms with Crippen molar-refractivity contribution in [1.82, 2.24) is 0 Å². The number of rotatable bonds is 2. The first-order valence-corrected chi connectivity index (χ1v) is 8.52. The number of carbonyl (C=O) groups excluding carboxylic acids is 1. The van der Waals surface area contributed by atoms with Crippen molar-refractivity contribution >= 4 is 5.78 Å². The molecule has 0 amide bonds. The number of methoxy groups -OCH3 is 2. The van der Waals surface area contributed by atoms with Crippen molar-refractivity contribution in [2.75, 3.05) is 14.2 Å². The third-order valence-electron chi connectivity index (χ3n) is 6.04. The molecule has 4 nitrogen and oxygen atoms in total. The van der Waals surface area contributed by atoms with Gasteiger partial charge >= 0.3 is 0 Å². The molecule has 2 aliphatic rings. The van der Waals surface area contributed by atoms with Gasteiger partial charge in [0.05, 0.1) is 20.1 Å². The lowest BCUT2D eigenvalue weighted by Crippen LogP contribution is -2.35. The first-order valence-electron chi connectivity index (χ1n) is 8.52. The van der Waals surface area contributed by atoms with Gasteiger partial charge in [-0.05, 0) is 34.9 Å². The molecule has 0 aliphatic heterocycles. The molecule has 25 heavy (non-hydrogen) atoms. The van der Waals surface area contributed by atoms with Crippen molar-refractivity contribution in [3.8, 4) is 17.2 Å². The Morgan fingerprint density at radius 3 is 2.56 bits per heavy atom. The van der Waals surface area contributed by atoms with E-state index in [0.717, 1.165) is 11.1 Å². The Morgan fingerprint density at radius 1 is 1.16 bits per heavy atom. The summed E-state index contributed by atoms with van der Waals surface area (Å²) in [5.41, 5.74) is 3.63. The predicted octanol–water partition coefficient (Wildman–Crippen LogP) is 3.84. The van der Waals surface area contributed by atoms with Gasteiger partial charge in [0.25, 0.3) is 0 Å². The molecule has 0 saturated heterocycles. The molecule has 0 fully saturated rings. The second-order valence-electron chi connectivity index (χ2n) is 7.45. The van der Waals surface area contributed by atoms with Gasteiger partial charge in [0.1, 0.15) is 0 Å². The van der Waals surface area contributed by atoms with Gasteiger partial charge in [0, 0.05) is 11.1 Å². The molecule has 4 rings (SSSR count). The van der Waals surface area contributed by atoms with Crippen LogP contribution in [0.3, 0.4) is 0 Å². The molecule has 4 heteroatoms. The molecule has 2 unspecified atom stereocenters. The van der Waals surface area contributed by atoms with E-state index in [-0.39, 0.29) is 34.5 Å². The van der Waals surface area contributed by atoms with Gasteiger partial charge in [0.15, 0.2) is 17.3 Å². The fraction of sp³-hybridized carbons (Fsp3) is 0.381. The summed E-state index contributed by atoms with van der Waals surface area (Å²) < 4.78 is 10.7. The second kappa shape index (κ2) is 5.25. The number of ketones is 1. The molecule has 0 saturated carbocycles. The van der Waals surface area contributed by atoms with Crippen LogP contribution in [0.4, 0.5) is 0 Å². The molecule has 130 valence electrons. The topological polar surface area (TPSA) is 55.8 Å². The van der Waals surface area contributed by atoms with Crippen LogP contribution in [0.25, 0.3) is 0 Å². The number of fused-ring (bicyclic) bond motifs is 4. The van der Waals surface area contributed by atoms with Crippen molar-refractivity contribution in [3.05, 3.63) is 52.6 Å². The lowest BCUT2D eigenvalue weighted by molar-refractivity contribution is 0.0896. The zero-order chi connectivity index (χ0) is 17.9. The minimum Gasteiger partial charge on any atom is -0.502 e. The lowest BCUT2D eigenvalue weighted by Gasteiger charge is -2.36. The fourth-order valence-electron chi connectivity index (χ4n) is 4.73. The number of Topliss-reactive ketones (excluding diaryl/α,β-unsaturated/α-hetero) is 1. The fourth-order valence-corrected chi connectivity index (χ4v) is 4.73. The molecule has 2 atom stereocenters. The first-order chi connectivity index (χ1) is 11.9. The van der Waals surface area contributed by atoms with Crippen LogP contribution in [0.2, 0.25) is 0 Å². The Kier molecular flexibility index (Phi) is 3.36. The smallest absolute Gasteiger partial charge is 0.201 e. The molecule has 2 aromatic rings. The van der Waals surface area contributed by atoms with Gasteiger partial charge in [-0.25, -0.2) is 0 Å². The van der Waals surface area contributed by atoms with E-state index >= 15 is 0 Å². The highest BCUT2D eigenvalue weighted by Gasteiger charge is 2.52. The summed E-state index contributed by atoms with van der Waals surface area (Å²) in [6.45, 7) is 4.40. The summed E-state index contributed by atoms with van der Waals surface area (Å²) in [7, 11) is 2.99. The standard InChI is InChI=1S/C21H22O4/c1-21(2)14-8-6-5-7-11(14)17-15(21)9-13-12(18(17)22)10-16(24-3)19(23)20(13)25-4/h5-8,10,15,17,23H,9H2,1-4H3. The summed E-state index contributed by atoms with van der Waals surface area (Å²) in [6.07, 6.45) is 0.689. The Morgan fingerprint density at radius 2 is 1.88 bits per heavy atom. The lowest BCUT2D eigenvalue weighted by atomic mass is 9.67. The molecule has 2 aromatic carbocycles. The Hall–Kier alpha value is -2.49. The van der Waals surface area contributed by atoms with Crippen LogP contribution in [0.1, 0.15) is 46.8 Å². The molecular weight excluding hydrogens is 316 g/mol. The van der Waals surface area contributed by atoms with Crippen LogP contribution in [0, 0.1) is 5.92 Å². The highest BCUT2D eigenvalue weighted by atomic mass is 16.5. The number of phenolic OH excluding ortho intramolecular Hbond substituents is 1. The van der Waals surface area contributed by atoms with Crippen molar-refractivity contribution in [2.24, 2.45) is 5.92 Å². The minimum absolute atomic E-state index is 0.0386. The van der Waals surface area contributed by atoms with Gasteiger partial charge < -0.3 is 14.6 Å². The van der Waals surface area contributed by atoms with E-state index in [2.05, 4.69) is 26.0 Å².